The van der Waals surface area contributed by atoms with Gasteiger partial charge in [0.05, 0.1) is 17.8 Å². The fraction of sp³-hybridized carbons (Fsp3) is 0.600. The molecular formula is C15H23N3O3. The lowest BCUT2D eigenvalue weighted by molar-refractivity contribution is -0.135. The number of methoxy groups -OCH3 is 1. The van der Waals surface area contributed by atoms with Crippen LogP contribution >= 0.6 is 0 Å². The molecule has 1 aromatic heterocycles. The minimum Gasteiger partial charge on any atom is -0.388 e. The molecule has 0 saturated heterocycles. The van der Waals surface area contributed by atoms with Gasteiger partial charge in [-0.25, -0.2) is 0 Å². The summed E-state index contributed by atoms with van der Waals surface area (Å²) in [6, 6.07) is 1.63. The van der Waals surface area contributed by atoms with Gasteiger partial charge >= 0.3 is 0 Å². The lowest BCUT2D eigenvalue weighted by atomic mass is 9.89. The molecule has 1 aliphatic carbocycles. The van der Waals surface area contributed by atoms with Crippen LogP contribution in [0.4, 0.5) is 0 Å². The number of hydrogen-bond donors (Lipinski definition) is 1. The molecule has 6 heteroatoms. The number of rotatable bonds is 4. The first-order valence-corrected chi connectivity index (χ1v) is 7.18. The van der Waals surface area contributed by atoms with Crippen LogP contribution in [0.3, 0.4) is 0 Å². The topological polar surface area (TPSA) is 67.6 Å². The van der Waals surface area contributed by atoms with E-state index in [4.69, 9.17) is 4.74 Å². The highest BCUT2D eigenvalue weighted by molar-refractivity contribution is 5.91. The summed E-state index contributed by atoms with van der Waals surface area (Å²) in [5.74, 6) is -0.128. The van der Waals surface area contributed by atoms with Gasteiger partial charge in [-0.1, -0.05) is 0 Å². The van der Waals surface area contributed by atoms with Crippen LogP contribution in [0.2, 0.25) is 0 Å². The zero-order valence-corrected chi connectivity index (χ0v) is 12.8. The normalized spacial score (nSPS) is 26.2. The molecule has 1 N–H and O–H groups in total. The molecule has 6 nitrogen and oxygen atoms in total. The van der Waals surface area contributed by atoms with E-state index in [1.807, 2.05) is 13.1 Å². The van der Waals surface area contributed by atoms with Crippen LogP contribution in [0, 0.1) is 0 Å². The molecule has 1 aliphatic rings. The van der Waals surface area contributed by atoms with Gasteiger partial charge < -0.3 is 14.7 Å². The van der Waals surface area contributed by atoms with Crippen LogP contribution in [-0.4, -0.2) is 58.1 Å². The standard InChI is InChI=1S/C15H23N3O3/c1-17(12-5-4-6-13(21-3)15(12)20)14(19)8-7-11-9-10-16-18(11)2/h7-10,12-13,15,20H,4-6H2,1-3H3/b8-7+/t12-,13-,15-/m1/s1. The highest BCUT2D eigenvalue weighted by Gasteiger charge is 2.35. The van der Waals surface area contributed by atoms with E-state index in [0.29, 0.717) is 0 Å². The van der Waals surface area contributed by atoms with Crippen molar-refractivity contribution in [3.8, 4) is 0 Å². The molecule has 1 saturated carbocycles. The smallest absolute Gasteiger partial charge is 0.246 e. The number of carbonyl (C=O) groups excluding carboxylic acids is 1. The van der Waals surface area contributed by atoms with Gasteiger partial charge in [0, 0.05) is 33.5 Å². The number of carbonyl (C=O) groups is 1. The molecule has 3 atom stereocenters. The maximum atomic E-state index is 12.2. The quantitative estimate of drug-likeness (QED) is 0.835. The van der Waals surface area contributed by atoms with Crippen molar-refractivity contribution >= 4 is 12.0 Å². The third-order valence-corrected chi connectivity index (χ3v) is 4.17. The average Bonchev–Trinajstić information content (AvgIpc) is 2.89. The second-order valence-electron chi connectivity index (χ2n) is 5.43. The van der Waals surface area contributed by atoms with E-state index in [1.165, 1.54) is 6.08 Å². The molecule has 1 fully saturated rings. The molecule has 0 radical (unpaired) electrons. The molecule has 1 heterocycles. The number of likely N-dealkylation sites (N-methyl/N-ethyl adjacent to an activating group) is 1. The van der Waals surface area contributed by atoms with Gasteiger partial charge in [0.1, 0.15) is 6.10 Å². The summed E-state index contributed by atoms with van der Waals surface area (Å²) >= 11 is 0. The van der Waals surface area contributed by atoms with Gasteiger partial charge in [-0.3, -0.25) is 9.48 Å². The summed E-state index contributed by atoms with van der Waals surface area (Å²) in [4.78, 5) is 13.8. The van der Waals surface area contributed by atoms with Crippen LogP contribution in [-0.2, 0) is 16.6 Å². The Morgan fingerprint density at radius 2 is 2.33 bits per heavy atom. The number of amides is 1. The Hall–Kier alpha value is -1.66. The molecule has 21 heavy (non-hydrogen) atoms. The molecular weight excluding hydrogens is 270 g/mol. The molecule has 1 amide bonds. The first-order valence-electron chi connectivity index (χ1n) is 7.18. The van der Waals surface area contributed by atoms with Crippen molar-refractivity contribution in [3.05, 3.63) is 24.0 Å². The Balaban J connectivity index is 2.02. The second-order valence-corrected chi connectivity index (χ2v) is 5.43. The number of hydrogen-bond acceptors (Lipinski definition) is 4. The van der Waals surface area contributed by atoms with E-state index in [-0.39, 0.29) is 18.1 Å². The fourth-order valence-electron chi connectivity index (χ4n) is 2.78. The van der Waals surface area contributed by atoms with E-state index in [1.54, 1.807) is 36.0 Å². The number of aliphatic hydroxyl groups excluding tert-OH is 1. The predicted octanol–water partition coefficient (Wildman–Crippen LogP) is 0.820. The Kier molecular flexibility index (Phi) is 5.14. The second kappa shape index (κ2) is 6.87. The molecule has 0 bridgehead atoms. The Bertz CT molecular complexity index is 512. The minimum atomic E-state index is -0.636. The van der Waals surface area contributed by atoms with Gasteiger partial charge in [0.2, 0.25) is 5.91 Å². The Morgan fingerprint density at radius 3 is 2.95 bits per heavy atom. The van der Waals surface area contributed by atoms with Crippen molar-refractivity contribution in [1.29, 1.82) is 0 Å². The molecule has 116 valence electrons. The van der Waals surface area contributed by atoms with Gasteiger partial charge in [-0.05, 0) is 31.4 Å². The SMILES string of the molecule is CO[C@@H]1CCC[C@@H](N(C)C(=O)/C=C/c2ccnn2C)[C@H]1O. The molecule has 0 aliphatic heterocycles. The molecule has 2 rings (SSSR count). The van der Waals surface area contributed by atoms with Crippen molar-refractivity contribution in [2.45, 2.75) is 37.5 Å². The number of ether oxygens (including phenoxy) is 1. The van der Waals surface area contributed by atoms with Gasteiger partial charge in [-0.2, -0.15) is 5.10 Å². The van der Waals surface area contributed by atoms with Crippen molar-refractivity contribution in [1.82, 2.24) is 14.7 Å². The van der Waals surface area contributed by atoms with E-state index < -0.39 is 6.10 Å². The fourth-order valence-corrected chi connectivity index (χ4v) is 2.78. The lowest BCUT2D eigenvalue weighted by Crippen LogP contribution is -2.51. The summed E-state index contributed by atoms with van der Waals surface area (Å²) in [5, 5.41) is 14.3. The van der Waals surface area contributed by atoms with E-state index in [0.717, 1.165) is 25.0 Å². The number of nitrogens with zero attached hydrogens (tertiary/aromatic N) is 3. The largest absolute Gasteiger partial charge is 0.388 e. The highest BCUT2D eigenvalue weighted by atomic mass is 16.5. The summed E-state index contributed by atoms with van der Waals surface area (Å²) < 4.78 is 6.98. The Morgan fingerprint density at radius 1 is 1.57 bits per heavy atom. The van der Waals surface area contributed by atoms with Gasteiger partial charge in [0.25, 0.3) is 0 Å². The van der Waals surface area contributed by atoms with E-state index in [2.05, 4.69) is 5.10 Å². The summed E-state index contributed by atoms with van der Waals surface area (Å²) in [7, 11) is 5.14. The Labute approximate surface area is 125 Å². The number of aromatic nitrogens is 2. The monoisotopic (exact) mass is 293 g/mol. The van der Waals surface area contributed by atoms with Crippen molar-refractivity contribution in [2.24, 2.45) is 7.05 Å². The number of aryl methyl sites for hydroxylation is 1. The summed E-state index contributed by atoms with van der Waals surface area (Å²) in [6.07, 6.45) is 6.67. The average molecular weight is 293 g/mol. The first kappa shape index (κ1) is 15.7. The van der Waals surface area contributed by atoms with Crippen molar-refractivity contribution in [3.63, 3.8) is 0 Å². The van der Waals surface area contributed by atoms with Crippen LogP contribution in [0.5, 0.6) is 0 Å². The van der Waals surface area contributed by atoms with E-state index in [9.17, 15) is 9.90 Å². The van der Waals surface area contributed by atoms with Crippen LogP contribution < -0.4 is 0 Å². The first-order chi connectivity index (χ1) is 10.0. The number of aliphatic hydroxyl groups is 1. The molecule has 0 aromatic carbocycles. The summed E-state index contributed by atoms with van der Waals surface area (Å²) in [5.41, 5.74) is 0.857. The van der Waals surface area contributed by atoms with Crippen LogP contribution in [0.25, 0.3) is 6.08 Å². The molecule has 0 spiro atoms. The van der Waals surface area contributed by atoms with Gasteiger partial charge in [0.15, 0.2) is 0 Å². The van der Waals surface area contributed by atoms with Crippen LogP contribution in [0.1, 0.15) is 25.0 Å². The maximum Gasteiger partial charge on any atom is 0.246 e. The predicted molar refractivity (Wildman–Crippen MR) is 79.5 cm³/mol. The highest BCUT2D eigenvalue weighted by Crippen LogP contribution is 2.25. The summed E-state index contributed by atoms with van der Waals surface area (Å²) in [6.45, 7) is 0. The zero-order valence-electron chi connectivity index (χ0n) is 12.8. The van der Waals surface area contributed by atoms with E-state index >= 15 is 0 Å². The maximum absolute atomic E-state index is 12.2. The van der Waals surface area contributed by atoms with Crippen molar-refractivity contribution < 1.29 is 14.6 Å². The van der Waals surface area contributed by atoms with Gasteiger partial charge in [-0.15, -0.1) is 0 Å². The lowest BCUT2D eigenvalue weighted by Gasteiger charge is -2.38. The van der Waals surface area contributed by atoms with Crippen LogP contribution in [0.15, 0.2) is 18.3 Å². The van der Waals surface area contributed by atoms with Crippen molar-refractivity contribution in [2.75, 3.05) is 14.2 Å². The molecule has 1 aromatic rings. The third kappa shape index (κ3) is 3.51. The zero-order chi connectivity index (χ0) is 15.4. The molecule has 0 unspecified atom stereocenters. The minimum absolute atomic E-state index is 0.128. The third-order valence-electron chi connectivity index (χ3n) is 4.17.